The molecule has 130 valence electrons. The summed E-state index contributed by atoms with van der Waals surface area (Å²) in [5, 5.41) is 5.16. The number of aryl methyl sites for hydroxylation is 2. The van der Waals surface area contributed by atoms with Crippen LogP contribution >= 0.6 is 0 Å². The summed E-state index contributed by atoms with van der Waals surface area (Å²) < 4.78 is 1.99. The smallest absolute Gasteiger partial charge is 0.244 e. The fourth-order valence-corrected chi connectivity index (χ4v) is 2.92. The molecule has 0 fully saturated rings. The number of benzene rings is 2. The van der Waals surface area contributed by atoms with Gasteiger partial charge in [-0.15, -0.1) is 6.42 Å². The minimum atomic E-state index is -0.142. The number of nitrogens with one attached hydrogen (secondary N) is 1. The molecule has 0 unspecified atom stereocenters. The SMILES string of the molecule is C#CCn1cc(C=NNC(=O)Cc2ccc(C)c(C)c2)c2ccccc21. The fraction of sp³-hybridized carbons (Fsp3) is 0.182. The van der Waals surface area contributed by atoms with Crippen molar-refractivity contribution in [3.63, 3.8) is 0 Å². The Kier molecular flexibility index (Phi) is 5.19. The predicted molar refractivity (Wildman–Crippen MR) is 106 cm³/mol. The van der Waals surface area contributed by atoms with E-state index in [1.807, 2.05) is 60.2 Å². The molecule has 0 aliphatic heterocycles. The number of fused-ring (bicyclic) bond motifs is 1. The number of amides is 1. The summed E-state index contributed by atoms with van der Waals surface area (Å²) in [6.45, 7) is 4.59. The van der Waals surface area contributed by atoms with E-state index < -0.39 is 0 Å². The minimum absolute atomic E-state index is 0.142. The maximum absolute atomic E-state index is 12.1. The summed E-state index contributed by atoms with van der Waals surface area (Å²) in [7, 11) is 0. The number of rotatable bonds is 5. The lowest BCUT2D eigenvalue weighted by Gasteiger charge is -2.04. The van der Waals surface area contributed by atoms with Gasteiger partial charge in [-0.25, -0.2) is 5.43 Å². The van der Waals surface area contributed by atoms with Crippen LogP contribution < -0.4 is 5.43 Å². The van der Waals surface area contributed by atoms with E-state index in [1.165, 1.54) is 11.1 Å². The lowest BCUT2D eigenvalue weighted by molar-refractivity contribution is -0.120. The summed E-state index contributed by atoms with van der Waals surface area (Å²) in [5.41, 5.74) is 7.95. The number of aromatic nitrogens is 1. The van der Waals surface area contributed by atoms with Gasteiger partial charge in [0, 0.05) is 22.7 Å². The van der Waals surface area contributed by atoms with Gasteiger partial charge in [0.2, 0.25) is 5.91 Å². The molecular weight excluding hydrogens is 322 g/mol. The Morgan fingerprint density at radius 1 is 1.23 bits per heavy atom. The standard InChI is InChI=1S/C22H21N3O/c1-4-11-25-15-19(20-7-5-6-8-21(20)25)14-23-24-22(26)13-18-10-9-16(2)17(3)12-18/h1,5-10,12,14-15H,11,13H2,2-3H3,(H,24,26). The zero-order valence-corrected chi connectivity index (χ0v) is 15.0. The summed E-state index contributed by atoms with van der Waals surface area (Å²) in [5.74, 6) is 2.51. The van der Waals surface area contributed by atoms with Crippen molar-refractivity contribution in [3.05, 3.63) is 70.9 Å². The molecule has 0 saturated heterocycles. The number of terminal acetylenes is 1. The predicted octanol–water partition coefficient (Wildman–Crippen LogP) is 3.58. The van der Waals surface area contributed by atoms with Crippen LogP contribution in [0.25, 0.3) is 10.9 Å². The van der Waals surface area contributed by atoms with Crippen molar-refractivity contribution in [2.24, 2.45) is 5.10 Å². The Hall–Kier alpha value is -3.32. The van der Waals surface area contributed by atoms with Crippen LogP contribution in [0.1, 0.15) is 22.3 Å². The first-order valence-corrected chi connectivity index (χ1v) is 8.48. The lowest BCUT2D eigenvalue weighted by atomic mass is 10.0. The van der Waals surface area contributed by atoms with E-state index in [9.17, 15) is 4.79 Å². The fourth-order valence-electron chi connectivity index (χ4n) is 2.92. The third-order valence-electron chi connectivity index (χ3n) is 4.41. The first kappa shape index (κ1) is 17.5. The van der Waals surface area contributed by atoms with Crippen LogP contribution in [0.2, 0.25) is 0 Å². The van der Waals surface area contributed by atoms with E-state index in [2.05, 4.69) is 23.4 Å². The molecule has 0 spiro atoms. The Labute approximate surface area is 153 Å². The highest BCUT2D eigenvalue weighted by atomic mass is 16.2. The second-order valence-corrected chi connectivity index (χ2v) is 6.32. The summed E-state index contributed by atoms with van der Waals surface area (Å²) in [6.07, 6.45) is 9.34. The van der Waals surface area contributed by atoms with Crippen LogP contribution in [0.3, 0.4) is 0 Å². The third kappa shape index (κ3) is 3.84. The summed E-state index contributed by atoms with van der Waals surface area (Å²) in [6, 6.07) is 14.0. The first-order valence-electron chi connectivity index (χ1n) is 8.48. The number of hydrogen-bond acceptors (Lipinski definition) is 2. The third-order valence-corrected chi connectivity index (χ3v) is 4.41. The van der Waals surface area contributed by atoms with Crippen LogP contribution in [-0.4, -0.2) is 16.7 Å². The van der Waals surface area contributed by atoms with E-state index >= 15 is 0 Å². The number of hydrazone groups is 1. The highest BCUT2D eigenvalue weighted by Gasteiger charge is 2.06. The Morgan fingerprint density at radius 3 is 2.81 bits per heavy atom. The van der Waals surface area contributed by atoms with Crippen molar-refractivity contribution in [2.75, 3.05) is 0 Å². The minimum Gasteiger partial charge on any atom is -0.335 e. The highest BCUT2D eigenvalue weighted by Crippen LogP contribution is 2.19. The van der Waals surface area contributed by atoms with Crippen LogP contribution in [0, 0.1) is 26.2 Å². The molecule has 1 amide bonds. The average molecular weight is 343 g/mol. The van der Waals surface area contributed by atoms with Crippen molar-refractivity contribution >= 4 is 23.0 Å². The van der Waals surface area contributed by atoms with Crippen LogP contribution in [-0.2, 0) is 17.8 Å². The van der Waals surface area contributed by atoms with E-state index in [-0.39, 0.29) is 5.91 Å². The Balaban J connectivity index is 1.70. The number of carbonyl (C=O) groups is 1. The number of carbonyl (C=O) groups excluding carboxylic acids is 1. The van der Waals surface area contributed by atoms with Crippen molar-refractivity contribution in [1.29, 1.82) is 0 Å². The van der Waals surface area contributed by atoms with Gasteiger partial charge in [-0.05, 0) is 36.6 Å². The maximum Gasteiger partial charge on any atom is 0.244 e. The van der Waals surface area contributed by atoms with Gasteiger partial charge in [-0.3, -0.25) is 4.79 Å². The molecule has 0 aliphatic carbocycles. The first-order chi connectivity index (χ1) is 12.6. The van der Waals surface area contributed by atoms with Gasteiger partial charge in [0.25, 0.3) is 0 Å². The van der Waals surface area contributed by atoms with Crippen LogP contribution in [0.15, 0.2) is 53.8 Å². The van der Waals surface area contributed by atoms with Crippen molar-refractivity contribution < 1.29 is 4.79 Å². The van der Waals surface area contributed by atoms with Gasteiger partial charge in [-0.1, -0.05) is 42.3 Å². The number of hydrogen-bond donors (Lipinski definition) is 1. The zero-order valence-electron chi connectivity index (χ0n) is 15.0. The van der Waals surface area contributed by atoms with E-state index in [1.54, 1.807) is 6.21 Å². The molecule has 4 nitrogen and oxygen atoms in total. The molecule has 1 N–H and O–H groups in total. The number of nitrogens with zero attached hydrogens (tertiary/aromatic N) is 2. The van der Waals surface area contributed by atoms with Gasteiger partial charge >= 0.3 is 0 Å². The largest absolute Gasteiger partial charge is 0.335 e. The number of para-hydroxylation sites is 1. The molecule has 0 saturated carbocycles. The lowest BCUT2D eigenvalue weighted by Crippen LogP contribution is -2.19. The molecular formula is C22H21N3O. The molecule has 2 aromatic carbocycles. The van der Waals surface area contributed by atoms with Gasteiger partial charge in [0.05, 0.1) is 19.2 Å². The van der Waals surface area contributed by atoms with Crippen molar-refractivity contribution in [2.45, 2.75) is 26.8 Å². The maximum atomic E-state index is 12.1. The summed E-state index contributed by atoms with van der Waals surface area (Å²) in [4.78, 5) is 12.1. The molecule has 0 bridgehead atoms. The van der Waals surface area contributed by atoms with Gasteiger partial charge in [0.1, 0.15) is 0 Å². The molecule has 0 aliphatic rings. The molecule has 26 heavy (non-hydrogen) atoms. The Bertz CT molecular complexity index is 1020. The molecule has 3 rings (SSSR count). The van der Waals surface area contributed by atoms with Crippen molar-refractivity contribution in [1.82, 2.24) is 9.99 Å². The molecule has 3 aromatic rings. The Morgan fingerprint density at radius 2 is 2.04 bits per heavy atom. The average Bonchev–Trinajstić information content (AvgIpc) is 2.97. The zero-order chi connectivity index (χ0) is 18.5. The summed E-state index contributed by atoms with van der Waals surface area (Å²) >= 11 is 0. The van der Waals surface area contributed by atoms with E-state index in [0.717, 1.165) is 22.0 Å². The monoisotopic (exact) mass is 343 g/mol. The molecule has 0 radical (unpaired) electrons. The molecule has 1 heterocycles. The van der Waals surface area contributed by atoms with Gasteiger partial charge < -0.3 is 4.57 Å². The second kappa shape index (κ2) is 7.71. The normalized spacial score (nSPS) is 11.0. The van der Waals surface area contributed by atoms with Crippen LogP contribution in [0.5, 0.6) is 0 Å². The van der Waals surface area contributed by atoms with E-state index in [0.29, 0.717) is 13.0 Å². The quantitative estimate of drug-likeness (QED) is 0.430. The second-order valence-electron chi connectivity index (χ2n) is 6.32. The van der Waals surface area contributed by atoms with Gasteiger partial charge in [0.15, 0.2) is 0 Å². The molecule has 1 aromatic heterocycles. The highest BCUT2D eigenvalue weighted by molar-refractivity contribution is 5.99. The topological polar surface area (TPSA) is 46.4 Å². The van der Waals surface area contributed by atoms with E-state index in [4.69, 9.17) is 6.42 Å². The molecule has 4 heteroatoms. The van der Waals surface area contributed by atoms with Gasteiger partial charge in [-0.2, -0.15) is 5.10 Å². The molecule has 0 atom stereocenters. The van der Waals surface area contributed by atoms with Crippen molar-refractivity contribution in [3.8, 4) is 12.3 Å². The van der Waals surface area contributed by atoms with Crippen LogP contribution in [0.4, 0.5) is 0 Å².